The molecule has 0 bridgehead atoms. The first-order valence-electron chi connectivity index (χ1n) is 5.64. The average Bonchev–Trinajstić information content (AvgIpc) is 2.77. The van der Waals surface area contributed by atoms with E-state index in [-0.39, 0.29) is 11.9 Å². The molecular formula is C12H12F3NO3. The normalized spacial score (nSPS) is 18.7. The third-order valence-electron chi connectivity index (χ3n) is 2.32. The van der Waals surface area contributed by atoms with Crippen LogP contribution in [0.25, 0.3) is 0 Å². The second kappa shape index (κ2) is 5.40. The van der Waals surface area contributed by atoms with Gasteiger partial charge in [-0.15, -0.1) is 13.2 Å². The molecule has 7 heteroatoms. The third-order valence-corrected chi connectivity index (χ3v) is 2.32. The van der Waals surface area contributed by atoms with E-state index in [1.54, 1.807) is 6.20 Å². The smallest absolute Gasteiger partial charge is 0.406 e. The van der Waals surface area contributed by atoms with Gasteiger partial charge in [-0.25, -0.2) is 4.84 Å². The second-order valence-electron chi connectivity index (χ2n) is 3.79. The summed E-state index contributed by atoms with van der Waals surface area (Å²) in [6.07, 6.45) is -0.519. The summed E-state index contributed by atoms with van der Waals surface area (Å²) in [7, 11) is 0. The molecule has 0 fully saturated rings. The lowest BCUT2D eigenvalue weighted by Gasteiger charge is -2.17. The molecule has 1 aliphatic rings. The van der Waals surface area contributed by atoms with Gasteiger partial charge in [0.15, 0.2) is 5.75 Å². The van der Waals surface area contributed by atoms with Crippen LogP contribution in [0.5, 0.6) is 11.5 Å². The van der Waals surface area contributed by atoms with E-state index >= 15 is 0 Å². The maximum Gasteiger partial charge on any atom is 0.573 e. The molecule has 0 aromatic heterocycles. The Morgan fingerprint density at radius 3 is 2.37 bits per heavy atom. The molecular weight excluding hydrogens is 263 g/mol. The summed E-state index contributed by atoms with van der Waals surface area (Å²) >= 11 is 0. The summed E-state index contributed by atoms with van der Waals surface area (Å²) in [5.74, 6) is 0.0418. The van der Waals surface area contributed by atoms with Gasteiger partial charge in [-0.3, -0.25) is 0 Å². The van der Waals surface area contributed by atoms with Gasteiger partial charge in [0.05, 0.1) is 6.20 Å². The second-order valence-corrected chi connectivity index (χ2v) is 3.79. The number of alkyl halides is 3. The zero-order valence-electron chi connectivity index (χ0n) is 10.1. The molecule has 1 unspecified atom stereocenters. The van der Waals surface area contributed by atoms with Crippen molar-refractivity contribution in [1.82, 2.24) is 5.23 Å². The summed E-state index contributed by atoms with van der Waals surface area (Å²) in [4.78, 5) is 10.6. The Morgan fingerprint density at radius 2 is 1.84 bits per heavy atom. The van der Waals surface area contributed by atoms with Gasteiger partial charge < -0.3 is 9.57 Å². The molecule has 0 saturated heterocycles. The molecule has 0 N–H and O–H groups in total. The Bertz CT molecular complexity index is 445. The van der Waals surface area contributed by atoms with Crippen LogP contribution in [0, 0.1) is 0 Å². The van der Waals surface area contributed by atoms with Crippen LogP contribution < -0.4 is 9.57 Å². The van der Waals surface area contributed by atoms with Crippen LogP contribution in [0.15, 0.2) is 36.5 Å². The van der Waals surface area contributed by atoms with Gasteiger partial charge in [0.25, 0.3) is 0 Å². The van der Waals surface area contributed by atoms with E-state index in [1.807, 2.05) is 13.0 Å². The average molecular weight is 275 g/mol. The molecule has 1 aromatic rings. The third kappa shape index (κ3) is 4.06. The minimum absolute atomic E-state index is 0.0483. The monoisotopic (exact) mass is 275 g/mol. The van der Waals surface area contributed by atoms with Crippen LogP contribution in [0.2, 0.25) is 0 Å². The fourth-order valence-corrected chi connectivity index (χ4v) is 1.44. The lowest BCUT2D eigenvalue weighted by molar-refractivity contribution is -0.284. The predicted octanol–water partition coefficient (Wildman–Crippen LogP) is 3.42. The highest BCUT2D eigenvalue weighted by molar-refractivity contribution is 5.31. The summed E-state index contributed by atoms with van der Waals surface area (Å²) in [5.41, 5.74) is 0. The fraction of sp³-hybridized carbons (Fsp3) is 0.333. The van der Waals surface area contributed by atoms with E-state index in [9.17, 15) is 13.2 Å². The zero-order valence-corrected chi connectivity index (χ0v) is 10.1. The molecule has 1 aromatic carbocycles. The minimum atomic E-state index is -4.70. The SMILES string of the molecule is CCC1C=CN(Oc2ccc(OC(F)(F)F)cc2)O1. The van der Waals surface area contributed by atoms with Crippen LogP contribution >= 0.6 is 0 Å². The Balaban J connectivity index is 1.91. The zero-order chi connectivity index (χ0) is 13.9. The van der Waals surface area contributed by atoms with E-state index in [4.69, 9.17) is 9.68 Å². The van der Waals surface area contributed by atoms with E-state index in [2.05, 4.69) is 4.74 Å². The Morgan fingerprint density at radius 1 is 1.21 bits per heavy atom. The fourth-order valence-electron chi connectivity index (χ4n) is 1.44. The first-order valence-corrected chi connectivity index (χ1v) is 5.64. The van der Waals surface area contributed by atoms with Gasteiger partial charge in [-0.2, -0.15) is 0 Å². The van der Waals surface area contributed by atoms with E-state index in [0.29, 0.717) is 5.75 Å². The Hall–Kier alpha value is -1.89. The van der Waals surface area contributed by atoms with Gasteiger partial charge in [0.1, 0.15) is 11.9 Å². The molecule has 19 heavy (non-hydrogen) atoms. The molecule has 0 aliphatic carbocycles. The largest absolute Gasteiger partial charge is 0.573 e. The molecule has 0 saturated carbocycles. The van der Waals surface area contributed by atoms with Crippen LogP contribution in [0.1, 0.15) is 13.3 Å². The van der Waals surface area contributed by atoms with Crippen molar-refractivity contribution in [2.75, 3.05) is 0 Å². The van der Waals surface area contributed by atoms with Crippen LogP contribution in [0.4, 0.5) is 13.2 Å². The standard InChI is InChI=1S/C12H12F3NO3/c1-2-9-7-8-16(18-9)19-11-5-3-10(4-6-11)17-12(13,14)15/h3-9H,2H2,1H3. The molecule has 1 atom stereocenters. The van der Waals surface area contributed by atoms with Gasteiger partial charge in [0.2, 0.25) is 0 Å². The number of nitrogens with zero attached hydrogens (tertiary/aromatic N) is 1. The topological polar surface area (TPSA) is 30.9 Å². The number of hydrogen-bond donors (Lipinski definition) is 0. The number of hydrogen-bond acceptors (Lipinski definition) is 4. The van der Waals surface area contributed by atoms with Crippen molar-refractivity contribution >= 4 is 0 Å². The van der Waals surface area contributed by atoms with Crippen molar-refractivity contribution in [2.24, 2.45) is 0 Å². The quantitative estimate of drug-likeness (QED) is 0.842. The molecule has 0 spiro atoms. The van der Waals surface area contributed by atoms with E-state index in [0.717, 1.165) is 11.6 Å². The summed E-state index contributed by atoms with van der Waals surface area (Å²) in [6.45, 7) is 1.96. The number of ether oxygens (including phenoxy) is 1. The number of hydroxylamine groups is 2. The van der Waals surface area contributed by atoms with Crippen LogP contribution in [-0.2, 0) is 4.84 Å². The molecule has 104 valence electrons. The highest BCUT2D eigenvalue weighted by Crippen LogP contribution is 2.25. The van der Waals surface area contributed by atoms with E-state index in [1.165, 1.54) is 24.3 Å². The molecule has 0 amide bonds. The van der Waals surface area contributed by atoms with Crippen LogP contribution in [-0.4, -0.2) is 17.7 Å². The molecule has 4 nitrogen and oxygen atoms in total. The van der Waals surface area contributed by atoms with Gasteiger partial charge in [0, 0.05) is 0 Å². The van der Waals surface area contributed by atoms with Crippen LogP contribution in [0.3, 0.4) is 0 Å². The highest BCUT2D eigenvalue weighted by Gasteiger charge is 2.31. The number of rotatable bonds is 4. The molecule has 2 rings (SSSR count). The Kier molecular flexibility index (Phi) is 3.84. The summed E-state index contributed by atoms with van der Waals surface area (Å²) < 4.78 is 39.6. The first-order chi connectivity index (χ1) is 8.96. The lowest BCUT2D eigenvalue weighted by Crippen LogP contribution is -2.21. The van der Waals surface area contributed by atoms with Gasteiger partial charge in [-0.1, -0.05) is 12.2 Å². The van der Waals surface area contributed by atoms with Crippen molar-refractivity contribution in [2.45, 2.75) is 25.8 Å². The van der Waals surface area contributed by atoms with Crippen molar-refractivity contribution in [1.29, 1.82) is 0 Å². The molecule has 0 radical (unpaired) electrons. The Labute approximate surface area is 107 Å². The maximum atomic E-state index is 12.0. The van der Waals surface area contributed by atoms with Crippen molar-refractivity contribution < 1.29 is 27.6 Å². The minimum Gasteiger partial charge on any atom is -0.406 e. The number of benzene rings is 1. The lowest BCUT2D eigenvalue weighted by atomic mass is 10.3. The summed E-state index contributed by atoms with van der Waals surface area (Å²) in [5, 5.41) is 1.16. The highest BCUT2D eigenvalue weighted by atomic mass is 19.4. The number of halogens is 3. The van der Waals surface area contributed by atoms with Crippen molar-refractivity contribution in [3.05, 3.63) is 36.5 Å². The van der Waals surface area contributed by atoms with Gasteiger partial charge in [-0.05, 0) is 36.8 Å². The predicted molar refractivity (Wildman–Crippen MR) is 59.9 cm³/mol. The van der Waals surface area contributed by atoms with Crippen molar-refractivity contribution in [3.63, 3.8) is 0 Å². The summed E-state index contributed by atoms with van der Waals surface area (Å²) in [6, 6.07) is 5.05. The van der Waals surface area contributed by atoms with Crippen molar-refractivity contribution in [3.8, 4) is 11.5 Å². The first kappa shape index (κ1) is 13.5. The van der Waals surface area contributed by atoms with E-state index < -0.39 is 6.36 Å². The molecule has 1 heterocycles. The maximum absolute atomic E-state index is 12.0. The molecule has 1 aliphatic heterocycles. The van der Waals surface area contributed by atoms with Gasteiger partial charge >= 0.3 is 6.36 Å².